The van der Waals surface area contributed by atoms with Gasteiger partial charge in [0.1, 0.15) is 18.2 Å². The molecule has 2 N–H and O–H groups in total. The number of amides is 2. The van der Waals surface area contributed by atoms with Crippen LogP contribution in [-0.4, -0.2) is 34.6 Å². The highest BCUT2D eigenvalue weighted by Crippen LogP contribution is 2.39. The molecule has 2 amide bonds. The second kappa shape index (κ2) is 8.35. The lowest BCUT2D eigenvalue weighted by Crippen LogP contribution is -2.50. The van der Waals surface area contributed by atoms with Crippen LogP contribution in [-0.2, 0) is 6.54 Å². The maximum absolute atomic E-state index is 13.5. The Kier molecular flexibility index (Phi) is 5.61. The molecule has 0 bridgehead atoms. The number of carbonyl (C=O) groups excluding carboxylic acids is 2. The number of nitrogens with one attached hydrogen (secondary N) is 1. The quantitative estimate of drug-likeness (QED) is 0.581. The number of allylic oxidation sites excluding steroid dienone is 3. The number of benzene rings is 2. The normalized spacial score (nSPS) is 22.3. The molecule has 2 aliphatic rings. The average molecular weight is 422 g/mol. The summed E-state index contributed by atoms with van der Waals surface area (Å²) in [6.07, 6.45) is 8.81. The molecule has 1 heterocycles. The van der Waals surface area contributed by atoms with Gasteiger partial charge in [0.25, 0.3) is 11.8 Å². The van der Waals surface area contributed by atoms with Crippen LogP contribution in [0.2, 0.25) is 0 Å². The summed E-state index contributed by atoms with van der Waals surface area (Å²) in [7, 11) is 0. The fraction of sp³-hybridized carbons (Fsp3) is 0.250. The number of rotatable bonds is 3. The van der Waals surface area contributed by atoms with Gasteiger partial charge in [-0.25, -0.2) is 9.87 Å². The number of hydroxylamine groups is 1. The van der Waals surface area contributed by atoms with Gasteiger partial charge in [0.15, 0.2) is 0 Å². The molecule has 2 aromatic rings. The zero-order valence-electron chi connectivity index (χ0n) is 17.0. The van der Waals surface area contributed by atoms with E-state index in [1.165, 1.54) is 24.3 Å². The Balaban J connectivity index is 1.74. The molecule has 0 saturated carbocycles. The smallest absolute Gasteiger partial charge is 0.274 e. The van der Waals surface area contributed by atoms with E-state index in [0.717, 1.165) is 12.0 Å². The van der Waals surface area contributed by atoms with Crippen molar-refractivity contribution in [3.8, 4) is 5.75 Å². The highest BCUT2D eigenvalue weighted by Gasteiger charge is 2.41. The maximum atomic E-state index is 13.5. The van der Waals surface area contributed by atoms with Crippen molar-refractivity contribution in [1.29, 1.82) is 0 Å². The average Bonchev–Trinajstić information content (AvgIpc) is 2.98. The minimum absolute atomic E-state index is 0.220. The fourth-order valence-electron chi connectivity index (χ4n) is 4.09. The van der Waals surface area contributed by atoms with E-state index in [4.69, 9.17) is 9.94 Å². The molecule has 160 valence electrons. The Morgan fingerprint density at radius 1 is 1.16 bits per heavy atom. The third kappa shape index (κ3) is 4.09. The van der Waals surface area contributed by atoms with E-state index >= 15 is 0 Å². The molecular weight excluding hydrogens is 399 g/mol. The SMILES string of the molecule is CC1([C@H]2COc3cc(C(=O)NO)ccc3CN2C(=O)c2ccc(F)cc2)C=CC=CC1. The van der Waals surface area contributed by atoms with Crippen LogP contribution in [0.25, 0.3) is 0 Å². The fourth-order valence-corrected chi connectivity index (χ4v) is 4.09. The Morgan fingerprint density at radius 2 is 1.90 bits per heavy atom. The van der Waals surface area contributed by atoms with Gasteiger partial charge in [0.05, 0.1) is 12.6 Å². The highest BCUT2D eigenvalue weighted by molar-refractivity contribution is 5.95. The van der Waals surface area contributed by atoms with Gasteiger partial charge in [-0.1, -0.05) is 37.3 Å². The van der Waals surface area contributed by atoms with Crippen LogP contribution in [0.3, 0.4) is 0 Å². The van der Waals surface area contributed by atoms with E-state index in [-0.39, 0.29) is 36.1 Å². The van der Waals surface area contributed by atoms with Crippen LogP contribution >= 0.6 is 0 Å². The third-order valence-electron chi connectivity index (χ3n) is 5.94. The standard InChI is InChI=1S/C24H23FN2O4/c1-24(11-3-2-4-12-24)21-15-31-20-13-17(22(28)26-30)5-6-18(20)14-27(21)23(29)16-7-9-19(25)10-8-16/h2-11,13,21,30H,12,14-15H2,1H3,(H,26,28)/t21-,24?/m1/s1. The van der Waals surface area contributed by atoms with Gasteiger partial charge in [-0.3, -0.25) is 14.8 Å². The first-order valence-electron chi connectivity index (χ1n) is 10.0. The molecule has 2 atom stereocenters. The van der Waals surface area contributed by atoms with Crippen molar-refractivity contribution in [2.45, 2.75) is 25.9 Å². The second-order valence-electron chi connectivity index (χ2n) is 8.03. The molecule has 0 spiro atoms. The van der Waals surface area contributed by atoms with E-state index in [9.17, 15) is 14.0 Å². The van der Waals surface area contributed by atoms with Crippen LogP contribution in [0.1, 0.15) is 39.6 Å². The van der Waals surface area contributed by atoms with Gasteiger partial charge < -0.3 is 9.64 Å². The Bertz CT molecular complexity index is 1060. The van der Waals surface area contributed by atoms with Crippen molar-refractivity contribution in [3.05, 3.63) is 89.3 Å². The number of fused-ring (bicyclic) bond motifs is 1. The summed E-state index contributed by atoms with van der Waals surface area (Å²) >= 11 is 0. The van der Waals surface area contributed by atoms with Gasteiger partial charge in [-0.2, -0.15) is 0 Å². The maximum Gasteiger partial charge on any atom is 0.274 e. The van der Waals surface area contributed by atoms with Crippen LogP contribution < -0.4 is 10.2 Å². The molecule has 6 nitrogen and oxygen atoms in total. The molecule has 7 heteroatoms. The summed E-state index contributed by atoms with van der Waals surface area (Å²) in [5, 5.41) is 8.92. The van der Waals surface area contributed by atoms with Crippen molar-refractivity contribution < 1.29 is 23.9 Å². The Labute approximate surface area is 179 Å². The number of halogens is 1. The minimum Gasteiger partial charge on any atom is -0.491 e. The van der Waals surface area contributed by atoms with Crippen molar-refractivity contribution in [1.82, 2.24) is 10.4 Å². The van der Waals surface area contributed by atoms with Gasteiger partial charge in [0.2, 0.25) is 0 Å². The van der Waals surface area contributed by atoms with Crippen molar-refractivity contribution in [2.24, 2.45) is 5.41 Å². The molecule has 31 heavy (non-hydrogen) atoms. The van der Waals surface area contributed by atoms with Crippen LogP contribution in [0, 0.1) is 11.2 Å². The zero-order chi connectivity index (χ0) is 22.0. The topological polar surface area (TPSA) is 78.9 Å². The molecule has 1 aliphatic heterocycles. The van der Waals surface area contributed by atoms with E-state index < -0.39 is 11.7 Å². The number of hydrogen-bond acceptors (Lipinski definition) is 4. The molecule has 1 aliphatic carbocycles. The molecule has 2 aromatic carbocycles. The van der Waals surface area contributed by atoms with Crippen molar-refractivity contribution in [3.63, 3.8) is 0 Å². The first-order chi connectivity index (χ1) is 14.9. The molecule has 1 unspecified atom stereocenters. The summed E-state index contributed by atoms with van der Waals surface area (Å²) in [5.74, 6) is -0.777. The Morgan fingerprint density at radius 3 is 2.58 bits per heavy atom. The molecule has 0 fully saturated rings. The number of carbonyl (C=O) groups is 2. The summed E-state index contributed by atoms with van der Waals surface area (Å²) in [6.45, 7) is 2.57. The van der Waals surface area contributed by atoms with Crippen molar-refractivity contribution in [2.75, 3.05) is 6.61 Å². The summed E-state index contributed by atoms with van der Waals surface area (Å²) in [6, 6.07) is 10.1. The lowest BCUT2D eigenvalue weighted by molar-refractivity contribution is 0.0426. The second-order valence-corrected chi connectivity index (χ2v) is 8.03. The van der Waals surface area contributed by atoms with Crippen LogP contribution in [0.15, 0.2) is 66.8 Å². The number of nitrogens with zero attached hydrogens (tertiary/aromatic N) is 1. The summed E-state index contributed by atoms with van der Waals surface area (Å²) in [4.78, 5) is 27.1. The first-order valence-corrected chi connectivity index (χ1v) is 10.0. The number of ether oxygens (including phenoxy) is 1. The monoisotopic (exact) mass is 422 g/mol. The minimum atomic E-state index is -0.640. The molecule has 0 radical (unpaired) electrons. The van der Waals surface area contributed by atoms with E-state index in [1.807, 2.05) is 12.2 Å². The predicted molar refractivity (Wildman–Crippen MR) is 112 cm³/mol. The molecule has 0 aromatic heterocycles. The highest BCUT2D eigenvalue weighted by atomic mass is 19.1. The van der Waals surface area contributed by atoms with E-state index in [1.54, 1.807) is 28.6 Å². The van der Waals surface area contributed by atoms with Crippen LogP contribution in [0.5, 0.6) is 5.75 Å². The summed E-state index contributed by atoms with van der Waals surface area (Å²) < 4.78 is 19.5. The van der Waals surface area contributed by atoms with Gasteiger partial charge in [-0.05, 0) is 42.8 Å². The summed E-state index contributed by atoms with van der Waals surface area (Å²) in [5.41, 5.74) is 2.64. The molecule has 4 rings (SSSR count). The van der Waals surface area contributed by atoms with Crippen LogP contribution in [0.4, 0.5) is 4.39 Å². The van der Waals surface area contributed by atoms with Gasteiger partial charge in [0, 0.05) is 22.1 Å². The third-order valence-corrected chi connectivity index (χ3v) is 5.94. The molecule has 0 saturated heterocycles. The van der Waals surface area contributed by atoms with Gasteiger partial charge in [-0.15, -0.1) is 0 Å². The first kappa shape index (κ1) is 20.8. The molecular formula is C24H23FN2O4. The lowest BCUT2D eigenvalue weighted by atomic mass is 9.76. The zero-order valence-corrected chi connectivity index (χ0v) is 17.0. The largest absolute Gasteiger partial charge is 0.491 e. The van der Waals surface area contributed by atoms with E-state index in [0.29, 0.717) is 11.3 Å². The van der Waals surface area contributed by atoms with E-state index in [2.05, 4.69) is 19.1 Å². The van der Waals surface area contributed by atoms with Crippen molar-refractivity contribution >= 4 is 11.8 Å². The lowest BCUT2D eigenvalue weighted by Gasteiger charge is -2.41. The number of hydrogen-bond donors (Lipinski definition) is 2. The Hall–Kier alpha value is -3.45. The predicted octanol–water partition coefficient (Wildman–Crippen LogP) is 3.87. The van der Waals surface area contributed by atoms with Gasteiger partial charge >= 0.3 is 0 Å².